The fraction of sp³-hybridized carbons (Fsp3) is 0.610. The zero-order valence-electron chi connectivity index (χ0n) is 34.9. The maximum absolute atomic E-state index is 13.4. The first-order valence-corrected chi connectivity index (χ1v) is 18.6. The Bertz CT molecular complexity index is 1330. The highest BCUT2D eigenvalue weighted by molar-refractivity contribution is 5.98. The fourth-order valence-electron chi connectivity index (χ4n) is 5.40. The third-order valence-corrected chi connectivity index (χ3v) is 8.41. The number of amides is 1. The molecule has 1 fully saturated rings. The second-order valence-corrected chi connectivity index (χ2v) is 13.9. The number of rotatable bonds is 11. The van der Waals surface area contributed by atoms with Gasteiger partial charge in [0.25, 0.3) is 5.91 Å². The summed E-state index contributed by atoms with van der Waals surface area (Å²) >= 11 is 0. The molecule has 11 nitrogen and oxygen atoms in total. The van der Waals surface area contributed by atoms with Crippen LogP contribution >= 0.6 is 0 Å². The van der Waals surface area contributed by atoms with Crippen LogP contribution in [0.15, 0.2) is 54.3 Å². The molecule has 4 atom stereocenters. The van der Waals surface area contributed by atoms with E-state index in [0.29, 0.717) is 60.8 Å². The summed E-state index contributed by atoms with van der Waals surface area (Å²) in [5, 5.41) is 27.6. The van der Waals surface area contributed by atoms with Crippen LogP contribution in [0.5, 0.6) is 5.75 Å². The van der Waals surface area contributed by atoms with Crippen LogP contribution in [0.4, 0.5) is 0 Å². The minimum absolute atomic E-state index is 0.0531. The molecule has 8 N–H and O–H groups in total. The molecule has 0 aromatic heterocycles. The van der Waals surface area contributed by atoms with Gasteiger partial charge in [-0.2, -0.15) is 0 Å². The van der Waals surface area contributed by atoms with Crippen LogP contribution in [0.25, 0.3) is 0 Å². The second kappa shape index (κ2) is 26.0. The van der Waals surface area contributed by atoms with Crippen molar-refractivity contribution in [2.45, 2.75) is 125 Å². The summed E-state index contributed by atoms with van der Waals surface area (Å²) in [4.78, 5) is 28.8. The van der Waals surface area contributed by atoms with E-state index in [1.54, 1.807) is 13.0 Å². The monoisotopic (exact) mass is 729 g/mol. The van der Waals surface area contributed by atoms with E-state index in [4.69, 9.17) is 15.9 Å². The van der Waals surface area contributed by atoms with Crippen molar-refractivity contribution >= 4 is 23.7 Å². The Morgan fingerprint density at radius 1 is 1.17 bits per heavy atom. The molecule has 2 heterocycles. The van der Waals surface area contributed by atoms with Crippen LogP contribution in [0.3, 0.4) is 0 Å². The van der Waals surface area contributed by atoms with Crippen molar-refractivity contribution in [1.82, 2.24) is 20.9 Å². The number of nitrogens with one attached hydrogen (secondary N) is 5. The SMILES string of the molecule is C=C(C=O)/C=C\C(C)=N.CC.CCC.CCC(N)=[NH+]C(CNC=C(C)C)C1(C)C(O)C(NC(=O)c2cccc3c2OCCC3(C)C)CN1C.CNC. The average molecular weight is 729 g/mol. The van der Waals surface area contributed by atoms with Gasteiger partial charge in [-0.1, -0.05) is 85.2 Å². The number of para-hydroxylation sites is 1. The number of aldehydes is 1. The van der Waals surface area contributed by atoms with Crippen molar-refractivity contribution < 1.29 is 24.4 Å². The fourth-order valence-corrected chi connectivity index (χ4v) is 5.40. The summed E-state index contributed by atoms with van der Waals surface area (Å²) in [6.45, 7) is 27.4. The highest BCUT2D eigenvalue weighted by atomic mass is 16.5. The lowest BCUT2D eigenvalue weighted by molar-refractivity contribution is -0.522. The zero-order valence-corrected chi connectivity index (χ0v) is 34.9. The van der Waals surface area contributed by atoms with Gasteiger partial charge in [-0.15, -0.1) is 0 Å². The largest absolute Gasteiger partial charge is 0.492 e. The molecule has 0 aliphatic carbocycles. The Kier molecular flexibility index (Phi) is 25.2. The number of allylic oxidation sites excluding steroid dienone is 4. The van der Waals surface area contributed by atoms with Crippen molar-refractivity contribution in [3.05, 3.63) is 65.4 Å². The van der Waals surface area contributed by atoms with Crippen molar-refractivity contribution in [3.63, 3.8) is 0 Å². The molecule has 2 aliphatic heterocycles. The van der Waals surface area contributed by atoms with E-state index in [9.17, 15) is 14.7 Å². The number of amidine groups is 1. The summed E-state index contributed by atoms with van der Waals surface area (Å²) in [6, 6.07) is 5.10. The maximum Gasteiger partial charge on any atom is 0.255 e. The number of ether oxygens (including phenoxy) is 1. The van der Waals surface area contributed by atoms with E-state index in [-0.39, 0.29) is 17.4 Å². The standard InChI is InChI=1S/C27H43N5O3.C7H9NO.C3H8.C2H7N.C2H6/c1-8-22(28)31-21(15-29-14-17(2)3)27(6)24(33)20(16-32(27)7)30-25(34)18-10-9-11-19-23(18)35-13-12-26(19,4)5;1-6(5-9)3-4-7(2)8;2*1-3-2;1-2/h9-11,14,20-21,24,29,33H,8,12-13,15-16H2,1-7H3,(H2,28,31)(H,30,34);3-5,8H,1H2,2H3;3H2,1-2H3;3H,1-2H3;1-2H3/p+1/b;4-3-,8-7?;;;. The van der Waals surface area contributed by atoms with E-state index in [1.165, 1.54) is 18.6 Å². The molecule has 0 radical (unpaired) electrons. The molecule has 296 valence electrons. The molecule has 1 aromatic carbocycles. The second-order valence-electron chi connectivity index (χ2n) is 13.9. The molecule has 11 heteroatoms. The number of nitrogens with two attached hydrogens (primary N) is 1. The van der Waals surface area contributed by atoms with E-state index in [1.807, 2.05) is 81.0 Å². The molecule has 1 amide bonds. The first-order chi connectivity index (χ1) is 24.4. The van der Waals surface area contributed by atoms with Gasteiger partial charge < -0.3 is 31.2 Å². The zero-order chi connectivity index (χ0) is 40.7. The molecular formula is C41H74N7O4+. The highest BCUT2D eigenvalue weighted by Gasteiger charge is 2.54. The van der Waals surface area contributed by atoms with Gasteiger partial charge in [0.1, 0.15) is 18.1 Å². The Labute approximate surface area is 316 Å². The number of aliphatic hydroxyl groups is 1. The average Bonchev–Trinajstić information content (AvgIpc) is 3.31. The normalized spacial score (nSPS) is 20.6. The summed E-state index contributed by atoms with van der Waals surface area (Å²) in [5.74, 6) is 1.09. The van der Waals surface area contributed by atoms with E-state index >= 15 is 0 Å². The third-order valence-electron chi connectivity index (χ3n) is 8.41. The van der Waals surface area contributed by atoms with Gasteiger partial charge in [-0.25, -0.2) is 0 Å². The molecule has 0 saturated carbocycles. The van der Waals surface area contributed by atoms with Crippen LogP contribution < -0.4 is 31.4 Å². The van der Waals surface area contributed by atoms with Gasteiger partial charge in [-0.05, 0) is 79.0 Å². The minimum atomic E-state index is -0.816. The molecule has 4 unspecified atom stereocenters. The van der Waals surface area contributed by atoms with Crippen LogP contribution in [0.1, 0.15) is 111 Å². The van der Waals surface area contributed by atoms with Gasteiger partial charge in [0.2, 0.25) is 5.84 Å². The van der Waals surface area contributed by atoms with Gasteiger partial charge >= 0.3 is 0 Å². The van der Waals surface area contributed by atoms with Crippen molar-refractivity contribution in [2.24, 2.45) is 5.73 Å². The number of carbonyl (C=O) groups excluding carboxylic acids is 2. The number of hydrogen-bond donors (Lipinski definition) is 7. The van der Waals surface area contributed by atoms with Gasteiger partial charge in [-0.3, -0.25) is 25.2 Å². The quantitative estimate of drug-likeness (QED) is 0.0584. The molecule has 2 aliphatic rings. The summed E-state index contributed by atoms with van der Waals surface area (Å²) in [5.41, 5.74) is 8.98. The molecule has 0 spiro atoms. The van der Waals surface area contributed by atoms with Crippen LogP contribution in [0, 0.1) is 5.41 Å². The number of benzene rings is 1. The molecule has 1 aromatic rings. The van der Waals surface area contributed by atoms with Crippen LogP contribution in [-0.4, -0.2) is 98.3 Å². The van der Waals surface area contributed by atoms with Crippen LogP contribution in [0.2, 0.25) is 0 Å². The topological polar surface area (TPSA) is 167 Å². The van der Waals surface area contributed by atoms with Crippen LogP contribution in [-0.2, 0) is 10.2 Å². The number of likely N-dealkylation sites (N-methyl/N-ethyl adjacent to an activating group) is 1. The number of likely N-dealkylation sites (tertiary alicyclic amines) is 1. The molecular weight excluding hydrogens is 654 g/mol. The maximum atomic E-state index is 13.4. The van der Waals surface area contributed by atoms with E-state index in [0.717, 1.165) is 17.6 Å². The number of hydrogen-bond acceptors (Lipinski definition) is 8. The Balaban J connectivity index is 0. The summed E-state index contributed by atoms with van der Waals surface area (Å²) < 4.78 is 5.95. The number of carbonyl (C=O) groups is 2. The Morgan fingerprint density at radius 3 is 2.25 bits per heavy atom. The van der Waals surface area contributed by atoms with Gasteiger partial charge in [0, 0.05) is 29.8 Å². The van der Waals surface area contributed by atoms with E-state index in [2.05, 4.69) is 60.1 Å². The molecule has 1 saturated heterocycles. The summed E-state index contributed by atoms with van der Waals surface area (Å²) in [6.07, 6.45) is 7.67. The first-order valence-electron chi connectivity index (χ1n) is 18.6. The third kappa shape index (κ3) is 16.3. The minimum Gasteiger partial charge on any atom is -0.492 e. The Morgan fingerprint density at radius 2 is 1.75 bits per heavy atom. The summed E-state index contributed by atoms with van der Waals surface area (Å²) in [7, 11) is 5.73. The lowest BCUT2D eigenvalue weighted by Crippen LogP contribution is -2.90. The molecule has 3 rings (SSSR count). The lowest BCUT2D eigenvalue weighted by Gasteiger charge is -2.39. The van der Waals surface area contributed by atoms with E-state index < -0.39 is 17.7 Å². The molecule has 52 heavy (non-hydrogen) atoms. The predicted octanol–water partition coefficient (Wildman–Crippen LogP) is 4.26. The number of fused-ring (bicyclic) bond motifs is 1. The Hall–Kier alpha value is -3.80. The lowest BCUT2D eigenvalue weighted by atomic mass is 9.79. The van der Waals surface area contributed by atoms with Crippen molar-refractivity contribution in [2.75, 3.05) is 40.8 Å². The van der Waals surface area contributed by atoms with Gasteiger partial charge in [0.15, 0.2) is 0 Å². The highest BCUT2D eigenvalue weighted by Crippen LogP contribution is 2.40. The van der Waals surface area contributed by atoms with Crippen molar-refractivity contribution in [3.8, 4) is 5.75 Å². The smallest absolute Gasteiger partial charge is 0.255 e. The number of nitrogens with zero attached hydrogens (tertiary/aromatic N) is 1. The first kappa shape index (κ1) is 50.3. The molecule has 0 bridgehead atoms. The number of aliphatic hydroxyl groups excluding tert-OH is 1. The van der Waals surface area contributed by atoms with Crippen molar-refractivity contribution in [1.29, 1.82) is 5.41 Å². The van der Waals surface area contributed by atoms with Gasteiger partial charge in [0.05, 0.1) is 36.4 Å². The predicted molar refractivity (Wildman–Crippen MR) is 220 cm³/mol.